The van der Waals surface area contributed by atoms with E-state index in [1.54, 1.807) is 0 Å². The number of hydrogen-bond acceptors (Lipinski definition) is 15. The number of carbonyl (C=O) groups is 7. The summed E-state index contributed by atoms with van der Waals surface area (Å²) in [4.78, 5) is 89.2. The van der Waals surface area contributed by atoms with Crippen molar-refractivity contribution >= 4 is 42.3 Å². The highest BCUT2D eigenvalue weighted by Crippen LogP contribution is 2.22. The molecule has 0 aromatic heterocycles. The Morgan fingerprint density at radius 2 is 0.742 bits per heavy atom. The molecule has 384 valence electrons. The van der Waals surface area contributed by atoms with Gasteiger partial charge in [-0.1, -0.05) is 104 Å². The SMILES string of the molecule is CC(C)(C)CCOCCOC(=O)CC(COC(=O)NC(COC(=O)CCC(C)(C)C)COC(=O)CCC(C)(C)C)COC(=O)NC(COC(=O)NCC(C)(C)C)COC(=O)NCC(C)(C)C. The molecule has 0 aliphatic heterocycles. The lowest BCUT2D eigenvalue weighted by atomic mass is 9.91. The molecule has 0 aromatic carbocycles. The van der Waals surface area contributed by atoms with Gasteiger partial charge in [0.05, 0.1) is 26.2 Å². The van der Waals surface area contributed by atoms with Crippen molar-refractivity contribution in [3.8, 4) is 0 Å². The lowest BCUT2D eigenvalue weighted by Crippen LogP contribution is -2.45. The van der Waals surface area contributed by atoms with Crippen LogP contribution in [-0.2, 0) is 52.3 Å². The van der Waals surface area contributed by atoms with E-state index in [0.29, 0.717) is 32.5 Å². The average molecular weight is 947 g/mol. The standard InChI is InChI=1S/C47H86N4O15/c1-43(2,3)18-16-36(52)61-27-34(28-62-37(53)17-19-44(4,5)6)50-41(57)63-25-33(24-38(54)60-23-22-59-21-20-45(7,8)9)26-64-42(58)51-35(29-65-39(55)48-31-46(10,11)12)30-66-40(56)49-32-47(13,14)15/h33-35H,16-32H2,1-15H3,(H,48,55)(H,49,56)(H,50,57)(H,51,58). The number of esters is 3. The third-order valence-electron chi connectivity index (χ3n) is 8.89. The average Bonchev–Trinajstić information content (AvgIpc) is 3.17. The van der Waals surface area contributed by atoms with Crippen LogP contribution >= 0.6 is 0 Å². The molecule has 0 radical (unpaired) electrons. The van der Waals surface area contributed by atoms with Gasteiger partial charge in [-0.05, 0) is 46.3 Å². The third kappa shape index (κ3) is 39.8. The smallest absolute Gasteiger partial charge is 0.407 e. The summed E-state index contributed by atoms with van der Waals surface area (Å²) in [5, 5.41) is 10.3. The molecule has 19 heteroatoms. The van der Waals surface area contributed by atoms with E-state index in [1.165, 1.54) is 0 Å². The molecular formula is C47H86N4O15. The fourth-order valence-corrected chi connectivity index (χ4v) is 4.84. The summed E-state index contributed by atoms with van der Waals surface area (Å²) in [6.07, 6.45) is -1.66. The molecule has 0 heterocycles. The maximum Gasteiger partial charge on any atom is 0.407 e. The number of nitrogens with one attached hydrogen (secondary N) is 4. The minimum Gasteiger partial charge on any atom is -0.463 e. The van der Waals surface area contributed by atoms with Crippen molar-refractivity contribution in [1.82, 2.24) is 21.3 Å². The molecule has 1 atom stereocenters. The second-order valence-electron chi connectivity index (χ2n) is 22.6. The molecule has 0 rings (SSSR count). The van der Waals surface area contributed by atoms with Gasteiger partial charge in [-0.2, -0.15) is 0 Å². The zero-order chi connectivity index (χ0) is 50.8. The maximum atomic E-state index is 13.2. The molecule has 0 saturated heterocycles. The summed E-state index contributed by atoms with van der Waals surface area (Å²) in [6.45, 7) is 28.6. The lowest BCUT2D eigenvalue weighted by Gasteiger charge is -2.23. The second kappa shape index (κ2) is 30.0. The fourth-order valence-electron chi connectivity index (χ4n) is 4.84. The number of ether oxygens (including phenoxy) is 8. The van der Waals surface area contributed by atoms with Gasteiger partial charge in [0.2, 0.25) is 0 Å². The van der Waals surface area contributed by atoms with Gasteiger partial charge in [0, 0.05) is 38.5 Å². The molecule has 66 heavy (non-hydrogen) atoms. The van der Waals surface area contributed by atoms with Gasteiger partial charge in [-0.3, -0.25) is 14.4 Å². The molecule has 4 N–H and O–H groups in total. The summed E-state index contributed by atoms with van der Waals surface area (Å²) < 4.78 is 43.2. The van der Waals surface area contributed by atoms with E-state index >= 15 is 0 Å². The summed E-state index contributed by atoms with van der Waals surface area (Å²) in [7, 11) is 0. The number of carbonyl (C=O) groups excluding carboxylic acids is 7. The lowest BCUT2D eigenvalue weighted by molar-refractivity contribution is -0.148. The van der Waals surface area contributed by atoms with Crippen molar-refractivity contribution in [2.75, 3.05) is 72.6 Å². The van der Waals surface area contributed by atoms with Gasteiger partial charge >= 0.3 is 42.3 Å². The minimum atomic E-state index is -1.05. The molecule has 0 aromatic rings. The Labute approximate surface area is 394 Å². The normalized spacial score (nSPS) is 12.7. The predicted molar refractivity (Wildman–Crippen MR) is 247 cm³/mol. The first-order valence-electron chi connectivity index (χ1n) is 22.9. The largest absolute Gasteiger partial charge is 0.463 e. The molecular weight excluding hydrogens is 861 g/mol. The zero-order valence-corrected chi connectivity index (χ0v) is 42.9. The Balaban J connectivity index is 5.94. The number of hydrogen-bond donors (Lipinski definition) is 4. The molecule has 0 aliphatic carbocycles. The van der Waals surface area contributed by atoms with Gasteiger partial charge in [0.15, 0.2) is 0 Å². The minimum absolute atomic E-state index is 0.0443. The van der Waals surface area contributed by atoms with Crippen LogP contribution in [0.3, 0.4) is 0 Å². The Hall–Kier alpha value is -4.55. The number of rotatable bonds is 27. The van der Waals surface area contributed by atoms with Crippen molar-refractivity contribution in [3.63, 3.8) is 0 Å². The van der Waals surface area contributed by atoms with Gasteiger partial charge < -0.3 is 59.2 Å². The third-order valence-corrected chi connectivity index (χ3v) is 8.89. The fraction of sp³-hybridized carbons (Fsp3) is 0.851. The Bertz CT molecular complexity index is 1330. The van der Waals surface area contributed by atoms with E-state index in [4.69, 9.17) is 37.9 Å². The summed E-state index contributed by atoms with van der Waals surface area (Å²) in [5.74, 6) is -2.61. The van der Waals surface area contributed by atoms with E-state index in [9.17, 15) is 33.6 Å². The number of amides is 4. The second-order valence-corrected chi connectivity index (χ2v) is 22.6. The van der Waals surface area contributed by atoms with E-state index < -0.39 is 86.7 Å². The van der Waals surface area contributed by atoms with Crippen molar-refractivity contribution in [2.24, 2.45) is 33.0 Å². The summed E-state index contributed by atoms with van der Waals surface area (Å²) >= 11 is 0. The zero-order valence-electron chi connectivity index (χ0n) is 42.9. The molecule has 0 bridgehead atoms. The van der Waals surface area contributed by atoms with Crippen molar-refractivity contribution in [3.05, 3.63) is 0 Å². The van der Waals surface area contributed by atoms with Crippen LogP contribution in [-0.4, -0.2) is 127 Å². The summed E-state index contributed by atoms with van der Waals surface area (Å²) in [5.41, 5.74) is -0.629. The highest BCUT2D eigenvalue weighted by atomic mass is 16.6. The molecule has 0 saturated carbocycles. The van der Waals surface area contributed by atoms with Crippen LogP contribution in [0.1, 0.15) is 142 Å². The topological polar surface area (TPSA) is 241 Å². The van der Waals surface area contributed by atoms with E-state index in [2.05, 4.69) is 42.0 Å². The predicted octanol–water partition coefficient (Wildman–Crippen LogP) is 7.46. The quantitative estimate of drug-likeness (QED) is 0.0355. The van der Waals surface area contributed by atoms with Crippen LogP contribution in [0.15, 0.2) is 0 Å². The van der Waals surface area contributed by atoms with E-state index in [0.717, 1.165) is 6.42 Å². The van der Waals surface area contributed by atoms with Crippen LogP contribution in [0.4, 0.5) is 19.2 Å². The van der Waals surface area contributed by atoms with Crippen LogP contribution in [0.2, 0.25) is 0 Å². The monoisotopic (exact) mass is 947 g/mol. The Morgan fingerprint density at radius 3 is 1.11 bits per heavy atom. The highest BCUT2D eigenvalue weighted by Gasteiger charge is 2.26. The van der Waals surface area contributed by atoms with Crippen molar-refractivity contribution in [2.45, 2.75) is 154 Å². The van der Waals surface area contributed by atoms with Crippen molar-refractivity contribution < 1.29 is 71.5 Å². The van der Waals surface area contributed by atoms with Crippen LogP contribution in [0.25, 0.3) is 0 Å². The van der Waals surface area contributed by atoms with Gasteiger partial charge in [-0.25, -0.2) is 19.2 Å². The number of alkyl carbamates (subject to hydrolysis) is 4. The van der Waals surface area contributed by atoms with E-state index in [1.807, 2.05) is 83.1 Å². The van der Waals surface area contributed by atoms with E-state index in [-0.39, 0.29) is 72.8 Å². The first-order valence-corrected chi connectivity index (χ1v) is 22.9. The molecule has 1 unspecified atom stereocenters. The summed E-state index contributed by atoms with van der Waals surface area (Å²) in [6, 6.07) is -2.03. The molecule has 4 amide bonds. The van der Waals surface area contributed by atoms with Crippen LogP contribution in [0.5, 0.6) is 0 Å². The first-order chi connectivity index (χ1) is 30.2. The molecule has 0 fully saturated rings. The highest BCUT2D eigenvalue weighted by molar-refractivity contribution is 5.72. The molecule has 0 aliphatic rings. The van der Waals surface area contributed by atoms with Crippen molar-refractivity contribution in [1.29, 1.82) is 0 Å². The molecule has 19 nitrogen and oxygen atoms in total. The van der Waals surface area contributed by atoms with Gasteiger partial charge in [0.1, 0.15) is 45.1 Å². The first kappa shape index (κ1) is 61.5. The van der Waals surface area contributed by atoms with Gasteiger partial charge in [-0.15, -0.1) is 0 Å². The molecule has 0 spiro atoms. The maximum absolute atomic E-state index is 13.2. The van der Waals surface area contributed by atoms with Gasteiger partial charge in [0.25, 0.3) is 0 Å². The van der Waals surface area contributed by atoms with Crippen LogP contribution in [0, 0.1) is 33.0 Å². The Morgan fingerprint density at radius 1 is 0.379 bits per heavy atom. The Kier molecular flexibility index (Phi) is 27.9. The van der Waals surface area contributed by atoms with Crippen LogP contribution < -0.4 is 21.3 Å².